The normalized spacial score (nSPS) is 13.4. The number of aromatic nitrogens is 3. The summed E-state index contributed by atoms with van der Waals surface area (Å²) < 4.78 is 46.6. The molecule has 34 heavy (non-hydrogen) atoms. The second kappa shape index (κ2) is 9.75. The van der Waals surface area contributed by atoms with E-state index in [2.05, 4.69) is 20.8 Å². The number of hydrogen-bond acceptors (Lipinski definition) is 6. The largest absolute Gasteiger partial charge is 0.497 e. The number of methoxy groups -OCH3 is 1. The molecule has 1 aliphatic rings. The minimum atomic E-state index is -4.54. The van der Waals surface area contributed by atoms with Crippen LogP contribution >= 0.6 is 11.8 Å². The molecule has 1 heterocycles. The molecule has 1 aromatic heterocycles. The first-order chi connectivity index (χ1) is 16.2. The molecule has 178 valence electrons. The van der Waals surface area contributed by atoms with Crippen LogP contribution in [0, 0.1) is 0 Å². The fourth-order valence-corrected chi connectivity index (χ4v) is 3.84. The molecule has 1 aliphatic carbocycles. The lowest BCUT2D eigenvalue weighted by Gasteiger charge is -2.13. The van der Waals surface area contributed by atoms with Gasteiger partial charge >= 0.3 is 12.2 Å². The Morgan fingerprint density at radius 1 is 1.15 bits per heavy atom. The van der Waals surface area contributed by atoms with Gasteiger partial charge in [0.05, 0.1) is 24.1 Å². The Balaban J connectivity index is 1.63. The summed E-state index contributed by atoms with van der Waals surface area (Å²) in [6.07, 6.45) is -2.78. The summed E-state index contributed by atoms with van der Waals surface area (Å²) in [5.74, 6) is 0.145. The number of halogens is 3. The third-order valence-electron chi connectivity index (χ3n) is 4.91. The predicted octanol–water partition coefficient (Wildman–Crippen LogP) is 4.04. The van der Waals surface area contributed by atoms with E-state index < -0.39 is 23.7 Å². The number of nitrogens with one attached hydrogen (secondary N) is 2. The Kier molecular flexibility index (Phi) is 6.77. The van der Waals surface area contributed by atoms with Gasteiger partial charge in [0.1, 0.15) is 5.75 Å². The highest BCUT2D eigenvalue weighted by atomic mass is 32.2. The molecule has 2 aromatic carbocycles. The van der Waals surface area contributed by atoms with E-state index in [9.17, 15) is 22.8 Å². The molecule has 12 heteroatoms. The van der Waals surface area contributed by atoms with Gasteiger partial charge in [-0.05, 0) is 55.3 Å². The molecule has 8 nitrogen and oxygen atoms in total. The molecule has 4 rings (SSSR count). The number of imide groups is 1. The molecule has 1 fully saturated rings. The fourth-order valence-electron chi connectivity index (χ4n) is 3.09. The van der Waals surface area contributed by atoms with Gasteiger partial charge in [0.2, 0.25) is 5.91 Å². The van der Waals surface area contributed by atoms with Crippen molar-refractivity contribution in [2.24, 2.45) is 0 Å². The van der Waals surface area contributed by atoms with Gasteiger partial charge in [-0.3, -0.25) is 14.7 Å². The Bertz CT molecular complexity index is 1190. The first kappa shape index (κ1) is 23.6. The van der Waals surface area contributed by atoms with Crippen molar-refractivity contribution in [2.75, 3.05) is 12.9 Å². The second-order valence-corrected chi connectivity index (χ2v) is 8.45. The van der Waals surface area contributed by atoms with Gasteiger partial charge in [0, 0.05) is 11.6 Å². The van der Waals surface area contributed by atoms with E-state index in [0.29, 0.717) is 11.3 Å². The molecule has 0 saturated heterocycles. The number of thioether (sulfide) groups is 1. The summed E-state index contributed by atoms with van der Waals surface area (Å²) in [6, 6.07) is 11.1. The van der Waals surface area contributed by atoms with Crippen LogP contribution in [-0.4, -0.2) is 45.6 Å². The molecular weight excluding hydrogens is 471 g/mol. The van der Waals surface area contributed by atoms with E-state index in [1.54, 1.807) is 24.3 Å². The minimum absolute atomic E-state index is 0.0940. The van der Waals surface area contributed by atoms with Crippen molar-refractivity contribution >= 4 is 23.7 Å². The van der Waals surface area contributed by atoms with Crippen LogP contribution in [0.3, 0.4) is 0 Å². The quantitative estimate of drug-likeness (QED) is 0.484. The number of urea groups is 1. The van der Waals surface area contributed by atoms with Crippen molar-refractivity contribution in [3.63, 3.8) is 0 Å². The van der Waals surface area contributed by atoms with Crippen LogP contribution in [0.5, 0.6) is 5.75 Å². The highest BCUT2D eigenvalue weighted by Gasteiger charge is 2.31. The summed E-state index contributed by atoms with van der Waals surface area (Å²) in [5.41, 5.74) is -0.0596. The third kappa shape index (κ3) is 5.68. The number of alkyl halides is 3. The molecule has 0 aliphatic heterocycles. The van der Waals surface area contributed by atoms with Crippen molar-refractivity contribution in [2.45, 2.75) is 30.2 Å². The van der Waals surface area contributed by atoms with Gasteiger partial charge in [-0.15, -0.1) is 10.2 Å². The Hall–Kier alpha value is -3.54. The smallest absolute Gasteiger partial charge is 0.416 e. The molecule has 0 unspecified atom stereocenters. The maximum Gasteiger partial charge on any atom is 0.416 e. The van der Waals surface area contributed by atoms with Gasteiger partial charge in [0.15, 0.2) is 11.0 Å². The summed E-state index contributed by atoms with van der Waals surface area (Å²) >= 11 is 0.954. The molecule has 0 atom stereocenters. The average Bonchev–Trinajstić information content (AvgIpc) is 3.52. The second-order valence-electron chi connectivity index (χ2n) is 7.50. The van der Waals surface area contributed by atoms with Crippen molar-refractivity contribution in [3.05, 3.63) is 54.1 Å². The van der Waals surface area contributed by atoms with Crippen molar-refractivity contribution in [1.29, 1.82) is 0 Å². The Labute approximate surface area is 196 Å². The number of nitrogens with zero attached hydrogens (tertiary/aromatic N) is 3. The van der Waals surface area contributed by atoms with Gasteiger partial charge in [-0.1, -0.05) is 17.8 Å². The van der Waals surface area contributed by atoms with E-state index in [0.717, 1.165) is 36.7 Å². The van der Waals surface area contributed by atoms with Crippen LogP contribution in [0.25, 0.3) is 17.1 Å². The number of amides is 3. The van der Waals surface area contributed by atoms with E-state index in [1.165, 1.54) is 23.8 Å². The predicted molar refractivity (Wildman–Crippen MR) is 119 cm³/mol. The molecule has 3 amide bonds. The number of carbonyl (C=O) groups excluding carboxylic acids is 2. The Morgan fingerprint density at radius 2 is 1.88 bits per heavy atom. The summed E-state index contributed by atoms with van der Waals surface area (Å²) in [5, 5.41) is 13.3. The molecule has 3 aromatic rings. The monoisotopic (exact) mass is 491 g/mol. The average molecular weight is 491 g/mol. The molecule has 1 saturated carbocycles. The number of carbonyl (C=O) groups is 2. The van der Waals surface area contributed by atoms with Crippen molar-refractivity contribution < 1.29 is 27.5 Å². The minimum Gasteiger partial charge on any atom is -0.497 e. The number of rotatable bonds is 7. The summed E-state index contributed by atoms with van der Waals surface area (Å²) in [4.78, 5) is 24.0. The first-order valence-electron chi connectivity index (χ1n) is 10.2. The summed E-state index contributed by atoms with van der Waals surface area (Å²) in [6.45, 7) is 0. The van der Waals surface area contributed by atoms with Crippen LogP contribution in [0.15, 0.2) is 53.7 Å². The van der Waals surface area contributed by atoms with Gasteiger partial charge in [-0.25, -0.2) is 4.79 Å². The van der Waals surface area contributed by atoms with Crippen LogP contribution in [0.2, 0.25) is 0 Å². The molecular formula is C22H20F3N5O3S. The SMILES string of the molecule is COc1ccc(-c2nnc(SCC(=O)NC(=O)NC3CC3)n2-c2cccc(C(F)(F)F)c2)cc1. The van der Waals surface area contributed by atoms with Crippen LogP contribution in [0.4, 0.5) is 18.0 Å². The van der Waals surface area contributed by atoms with Crippen LogP contribution < -0.4 is 15.4 Å². The van der Waals surface area contributed by atoms with Gasteiger partial charge in [0.25, 0.3) is 0 Å². The maximum absolute atomic E-state index is 13.3. The van der Waals surface area contributed by atoms with E-state index >= 15 is 0 Å². The lowest BCUT2D eigenvalue weighted by Crippen LogP contribution is -2.41. The summed E-state index contributed by atoms with van der Waals surface area (Å²) in [7, 11) is 1.52. The standard InChI is InChI=1S/C22H20F3N5O3S/c1-33-17-9-5-13(6-10-17)19-28-29-21(34-12-18(31)27-20(32)26-15-7-8-15)30(19)16-4-2-3-14(11-16)22(23,24)25/h2-6,9-11,15H,7-8,12H2,1H3,(H2,26,27,31,32). The van der Waals surface area contributed by atoms with E-state index in [-0.39, 0.29) is 28.5 Å². The highest BCUT2D eigenvalue weighted by Crippen LogP contribution is 2.33. The van der Waals surface area contributed by atoms with E-state index in [1.807, 2.05) is 0 Å². The lowest BCUT2D eigenvalue weighted by molar-refractivity contribution is -0.137. The molecule has 0 radical (unpaired) electrons. The van der Waals surface area contributed by atoms with Gasteiger partial charge < -0.3 is 10.1 Å². The zero-order chi connectivity index (χ0) is 24.3. The van der Waals surface area contributed by atoms with Gasteiger partial charge in [-0.2, -0.15) is 13.2 Å². The molecule has 0 bridgehead atoms. The first-order valence-corrected chi connectivity index (χ1v) is 11.2. The number of benzene rings is 2. The zero-order valence-electron chi connectivity index (χ0n) is 17.9. The zero-order valence-corrected chi connectivity index (χ0v) is 18.7. The van der Waals surface area contributed by atoms with Crippen LogP contribution in [-0.2, 0) is 11.0 Å². The van der Waals surface area contributed by atoms with Crippen LogP contribution in [0.1, 0.15) is 18.4 Å². The van der Waals surface area contributed by atoms with Crippen molar-refractivity contribution in [1.82, 2.24) is 25.4 Å². The number of hydrogen-bond donors (Lipinski definition) is 2. The Morgan fingerprint density at radius 3 is 2.53 bits per heavy atom. The highest BCUT2D eigenvalue weighted by molar-refractivity contribution is 7.99. The van der Waals surface area contributed by atoms with Crippen molar-refractivity contribution in [3.8, 4) is 22.8 Å². The third-order valence-corrected chi connectivity index (χ3v) is 5.84. The number of ether oxygens (including phenoxy) is 1. The molecule has 2 N–H and O–H groups in total. The molecule has 0 spiro atoms. The lowest BCUT2D eigenvalue weighted by atomic mass is 10.1. The van der Waals surface area contributed by atoms with E-state index in [4.69, 9.17) is 4.74 Å². The topological polar surface area (TPSA) is 98.1 Å². The fraction of sp³-hybridized carbons (Fsp3) is 0.273. The maximum atomic E-state index is 13.3.